The highest BCUT2D eigenvalue weighted by atomic mass is 16.2. The Balaban J connectivity index is 1.79. The number of Topliss-reactive ketones (excluding diaryl/α,β-unsaturated/α-hetero) is 1. The van der Waals surface area contributed by atoms with Gasteiger partial charge < -0.3 is 5.32 Å². The number of carbonyl (C=O) groups excluding carboxylic acids is 2. The summed E-state index contributed by atoms with van der Waals surface area (Å²) in [5, 5.41) is 2.62. The number of ketones is 1. The number of benzene rings is 2. The Morgan fingerprint density at radius 3 is 2.40 bits per heavy atom. The Kier molecular flexibility index (Phi) is 3.17. The first kappa shape index (κ1) is 12.4. The number of para-hydroxylation sites is 1. The van der Waals surface area contributed by atoms with Crippen molar-refractivity contribution in [2.75, 3.05) is 5.32 Å². The van der Waals surface area contributed by atoms with E-state index in [0.29, 0.717) is 17.7 Å². The van der Waals surface area contributed by atoms with Gasteiger partial charge in [0.25, 0.3) is 11.7 Å². The Labute approximate surface area is 116 Å². The van der Waals surface area contributed by atoms with Crippen molar-refractivity contribution in [2.45, 2.75) is 6.42 Å². The van der Waals surface area contributed by atoms with E-state index >= 15 is 0 Å². The summed E-state index contributed by atoms with van der Waals surface area (Å²) in [6.45, 7) is 0. The molecule has 0 heterocycles. The average Bonchev–Trinajstić information content (AvgIpc) is 2.91. The van der Waals surface area contributed by atoms with Crippen LogP contribution in [0, 0.1) is 0 Å². The normalized spacial score (nSPS) is 12.5. The third kappa shape index (κ3) is 2.26. The summed E-state index contributed by atoms with van der Waals surface area (Å²) < 4.78 is 0. The lowest BCUT2D eigenvalue weighted by Crippen LogP contribution is -2.23. The SMILES string of the molecule is O=C(Nc1ccccc1)C(=O)C1=CCc2ccccc21. The average molecular weight is 263 g/mol. The fraction of sp³-hybridized carbons (Fsp3) is 0.0588. The summed E-state index contributed by atoms with van der Waals surface area (Å²) in [6, 6.07) is 16.6. The molecule has 1 N–H and O–H groups in total. The van der Waals surface area contributed by atoms with Gasteiger partial charge in [0, 0.05) is 11.3 Å². The molecular formula is C17H13NO2. The molecule has 1 amide bonds. The molecule has 1 aliphatic rings. The van der Waals surface area contributed by atoms with Gasteiger partial charge in [0.15, 0.2) is 0 Å². The van der Waals surface area contributed by atoms with Gasteiger partial charge in [-0.2, -0.15) is 0 Å². The predicted molar refractivity (Wildman–Crippen MR) is 78.2 cm³/mol. The second-order valence-corrected chi connectivity index (χ2v) is 4.63. The van der Waals surface area contributed by atoms with Gasteiger partial charge in [-0.15, -0.1) is 0 Å². The fourth-order valence-corrected chi connectivity index (χ4v) is 2.33. The summed E-state index contributed by atoms with van der Waals surface area (Å²) in [6.07, 6.45) is 2.52. The molecule has 3 rings (SSSR count). The topological polar surface area (TPSA) is 46.2 Å². The number of anilines is 1. The number of hydrogen-bond donors (Lipinski definition) is 1. The highest BCUT2D eigenvalue weighted by Gasteiger charge is 2.24. The zero-order chi connectivity index (χ0) is 13.9. The van der Waals surface area contributed by atoms with E-state index in [2.05, 4.69) is 5.32 Å². The third-order valence-electron chi connectivity index (χ3n) is 3.32. The largest absolute Gasteiger partial charge is 0.319 e. The molecule has 0 bridgehead atoms. The van der Waals surface area contributed by atoms with Crippen molar-refractivity contribution >= 4 is 23.0 Å². The molecule has 98 valence electrons. The highest BCUT2D eigenvalue weighted by molar-refractivity contribution is 6.56. The van der Waals surface area contributed by atoms with Crippen LogP contribution in [0.5, 0.6) is 0 Å². The van der Waals surface area contributed by atoms with E-state index in [1.165, 1.54) is 0 Å². The standard InChI is InChI=1S/C17H13NO2/c19-16(17(20)18-13-7-2-1-3-8-13)15-11-10-12-6-4-5-9-14(12)15/h1-9,11H,10H2,(H,18,20). The maximum atomic E-state index is 12.2. The van der Waals surface area contributed by atoms with E-state index in [-0.39, 0.29) is 0 Å². The zero-order valence-electron chi connectivity index (χ0n) is 10.8. The molecule has 2 aromatic rings. The maximum Gasteiger partial charge on any atom is 0.296 e. The van der Waals surface area contributed by atoms with Crippen molar-refractivity contribution in [3.63, 3.8) is 0 Å². The van der Waals surface area contributed by atoms with Gasteiger partial charge in [-0.3, -0.25) is 9.59 Å². The van der Waals surface area contributed by atoms with Crippen molar-refractivity contribution < 1.29 is 9.59 Å². The molecule has 1 aliphatic carbocycles. The number of fused-ring (bicyclic) bond motifs is 1. The molecule has 0 fully saturated rings. The second-order valence-electron chi connectivity index (χ2n) is 4.63. The number of amides is 1. The molecule has 0 unspecified atom stereocenters. The first-order chi connectivity index (χ1) is 9.75. The smallest absolute Gasteiger partial charge is 0.296 e. The van der Waals surface area contributed by atoms with Crippen molar-refractivity contribution in [3.8, 4) is 0 Å². The van der Waals surface area contributed by atoms with Gasteiger partial charge in [0.1, 0.15) is 0 Å². The van der Waals surface area contributed by atoms with Crippen LogP contribution in [0.4, 0.5) is 5.69 Å². The molecular weight excluding hydrogens is 250 g/mol. The molecule has 0 radical (unpaired) electrons. The van der Waals surface area contributed by atoms with E-state index in [9.17, 15) is 9.59 Å². The summed E-state index contributed by atoms with van der Waals surface area (Å²) in [4.78, 5) is 24.2. The summed E-state index contributed by atoms with van der Waals surface area (Å²) in [5.74, 6) is -1.09. The lowest BCUT2D eigenvalue weighted by Gasteiger charge is -2.06. The minimum Gasteiger partial charge on any atom is -0.319 e. The quantitative estimate of drug-likeness (QED) is 0.865. The molecule has 2 aromatic carbocycles. The van der Waals surface area contributed by atoms with Crippen molar-refractivity contribution in [1.29, 1.82) is 0 Å². The van der Waals surface area contributed by atoms with E-state index < -0.39 is 11.7 Å². The van der Waals surface area contributed by atoms with E-state index in [1.807, 2.05) is 48.5 Å². The first-order valence-electron chi connectivity index (χ1n) is 6.45. The summed E-state index contributed by atoms with van der Waals surface area (Å²) in [5.41, 5.74) is 3.07. The molecule has 0 saturated heterocycles. The monoisotopic (exact) mass is 263 g/mol. The third-order valence-corrected chi connectivity index (χ3v) is 3.32. The molecule has 3 heteroatoms. The van der Waals surface area contributed by atoms with Crippen LogP contribution in [0.15, 0.2) is 60.7 Å². The summed E-state index contributed by atoms with van der Waals surface area (Å²) >= 11 is 0. The number of carbonyl (C=O) groups is 2. The first-order valence-corrected chi connectivity index (χ1v) is 6.45. The van der Waals surface area contributed by atoms with Crippen molar-refractivity contribution in [3.05, 3.63) is 71.8 Å². The Morgan fingerprint density at radius 2 is 1.60 bits per heavy atom. The lowest BCUT2D eigenvalue weighted by atomic mass is 10.0. The van der Waals surface area contributed by atoms with E-state index in [4.69, 9.17) is 0 Å². The second kappa shape index (κ2) is 5.13. The van der Waals surface area contributed by atoms with Crippen molar-refractivity contribution in [1.82, 2.24) is 0 Å². The van der Waals surface area contributed by atoms with Gasteiger partial charge in [0.2, 0.25) is 0 Å². The van der Waals surface area contributed by atoms with Crippen LogP contribution < -0.4 is 5.32 Å². The van der Waals surface area contributed by atoms with Crippen LogP contribution in [0.3, 0.4) is 0 Å². The highest BCUT2D eigenvalue weighted by Crippen LogP contribution is 2.27. The minimum atomic E-state index is -0.598. The van der Waals surface area contributed by atoms with Gasteiger partial charge in [-0.1, -0.05) is 48.5 Å². The van der Waals surface area contributed by atoms with E-state index in [0.717, 1.165) is 11.1 Å². The molecule has 0 aromatic heterocycles. The van der Waals surface area contributed by atoms with Gasteiger partial charge in [-0.05, 0) is 29.7 Å². The number of rotatable bonds is 3. The van der Waals surface area contributed by atoms with Crippen LogP contribution in [0.1, 0.15) is 11.1 Å². The molecule has 0 spiro atoms. The van der Waals surface area contributed by atoms with Crippen LogP contribution in [0.2, 0.25) is 0 Å². The molecule has 20 heavy (non-hydrogen) atoms. The lowest BCUT2D eigenvalue weighted by molar-refractivity contribution is -0.131. The molecule has 0 atom stereocenters. The Bertz CT molecular complexity index is 702. The zero-order valence-corrected chi connectivity index (χ0v) is 10.8. The van der Waals surface area contributed by atoms with Gasteiger partial charge in [0.05, 0.1) is 0 Å². The van der Waals surface area contributed by atoms with Crippen LogP contribution in [-0.2, 0) is 16.0 Å². The Morgan fingerprint density at radius 1 is 0.900 bits per heavy atom. The molecule has 0 aliphatic heterocycles. The Hall–Kier alpha value is -2.68. The van der Waals surface area contributed by atoms with E-state index in [1.54, 1.807) is 12.1 Å². The predicted octanol–water partition coefficient (Wildman–Crippen LogP) is 2.83. The minimum absolute atomic E-state index is 0.487. The van der Waals surface area contributed by atoms with Crippen molar-refractivity contribution in [2.24, 2.45) is 0 Å². The fourth-order valence-electron chi connectivity index (χ4n) is 2.33. The molecule has 0 saturated carbocycles. The van der Waals surface area contributed by atoms with Crippen LogP contribution in [-0.4, -0.2) is 11.7 Å². The maximum absolute atomic E-state index is 12.2. The number of hydrogen-bond acceptors (Lipinski definition) is 2. The summed E-state index contributed by atoms with van der Waals surface area (Å²) in [7, 11) is 0. The van der Waals surface area contributed by atoms with Crippen LogP contribution >= 0.6 is 0 Å². The van der Waals surface area contributed by atoms with Crippen LogP contribution in [0.25, 0.3) is 5.57 Å². The number of nitrogens with one attached hydrogen (secondary N) is 1. The van der Waals surface area contributed by atoms with Gasteiger partial charge in [-0.25, -0.2) is 0 Å². The number of allylic oxidation sites excluding steroid dienone is 1. The van der Waals surface area contributed by atoms with Gasteiger partial charge >= 0.3 is 0 Å². The molecule has 3 nitrogen and oxygen atoms in total.